The molecule has 2 amide bonds. The fourth-order valence-electron chi connectivity index (χ4n) is 3.50. The molecule has 2 aliphatic rings. The number of likely N-dealkylation sites (tertiary alicyclic amines) is 1. The maximum atomic E-state index is 13.0. The summed E-state index contributed by atoms with van der Waals surface area (Å²) in [4.78, 5) is 25.7. The van der Waals surface area contributed by atoms with Crippen molar-refractivity contribution in [1.29, 1.82) is 0 Å². The summed E-state index contributed by atoms with van der Waals surface area (Å²) >= 11 is 12.4. The van der Waals surface area contributed by atoms with Gasteiger partial charge >= 0.3 is 0 Å². The molecular weight excluding hydrogens is 441 g/mol. The van der Waals surface area contributed by atoms with E-state index < -0.39 is 10.0 Å². The van der Waals surface area contributed by atoms with Crippen LogP contribution < -0.4 is 5.32 Å². The van der Waals surface area contributed by atoms with E-state index in [0.717, 1.165) is 0 Å². The number of hydrogen-bond donors (Lipinski definition) is 1. The minimum Gasteiger partial charge on any atom is -0.379 e. The van der Waals surface area contributed by atoms with Crippen LogP contribution in [0.5, 0.6) is 0 Å². The molecule has 0 saturated carbocycles. The van der Waals surface area contributed by atoms with Crippen molar-refractivity contribution >= 4 is 45.0 Å². The molecule has 2 aliphatic heterocycles. The lowest BCUT2D eigenvalue weighted by atomic mass is 10.0. The van der Waals surface area contributed by atoms with Gasteiger partial charge in [-0.15, -0.1) is 0 Å². The summed E-state index contributed by atoms with van der Waals surface area (Å²) in [5.74, 6) is -0.458. The van der Waals surface area contributed by atoms with Crippen LogP contribution in [-0.2, 0) is 19.6 Å². The number of amides is 2. The van der Waals surface area contributed by atoms with Gasteiger partial charge in [-0.1, -0.05) is 23.2 Å². The monoisotopic (exact) mass is 463 g/mol. The number of halogens is 2. The molecule has 2 saturated heterocycles. The zero-order chi connectivity index (χ0) is 21.2. The Bertz CT molecular complexity index is 895. The number of piperidine rings is 1. The van der Waals surface area contributed by atoms with Crippen LogP contribution in [-0.4, -0.2) is 74.9 Å². The number of carbonyl (C=O) groups is 2. The number of nitrogens with zero attached hydrogens (tertiary/aromatic N) is 2. The van der Waals surface area contributed by atoms with Crippen molar-refractivity contribution in [2.75, 3.05) is 39.4 Å². The van der Waals surface area contributed by atoms with E-state index in [4.69, 9.17) is 27.9 Å². The smallest absolute Gasteiger partial charge is 0.255 e. The van der Waals surface area contributed by atoms with Gasteiger partial charge in [-0.05, 0) is 25.0 Å². The SMILES string of the molecule is CC(=O)NC1CCN(C(=O)c2cc(S(=O)(=O)N3CCOCC3)c(Cl)cc2Cl)CC1. The van der Waals surface area contributed by atoms with Crippen LogP contribution in [0.2, 0.25) is 10.0 Å². The number of nitrogens with one attached hydrogen (secondary N) is 1. The van der Waals surface area contributed by atoms with E-state index in [0.29, 0.717) is 39.1 Å². The van der Waals surface area contributed by atoms with Gasteiger partial charge in [0.25, 0.3) is 5.91 Å². The van der Waals surface area contributed by atoms with Gasteiger partial charge in [-0.2, -0.15) is 4.31 Å². The molecule has 0 bridgehead atoms. The normalized spacial score (nSPS) is 19.2. The Morgan fingerprint density at radius 1 is 1.07 bits per heavy atom. The number of benzene rings is 1. The lowest BCUT2D eigenvalue weighted by molar-refractivity contribution is -0.119. The van der Waals surface area contributed by atoms with E-state index in [1.165, 1.54) is 23.4 Å². The molecule has 0 aliphatic carbocycles. The lowest BCUT2D eigenvalue weighted by Gasteiger charge is -2.32. The number of ether oxygens (including phenoxy) is 1. The first-order valence-corrected chi connectivity index (χ1v) is 11.5. The zero-order valence-electron chi connectivity index (χ0n) is 16.0. The van der Waals surface area contributed by atoms with Crippen molar-refractivity contribution in [2.45, 2.75) is 30.7 Å². The average Bonchev–Trinajstić information content (AvgIpc) is 2.68. The molecule has 29 heavy (non-hydrogen) atoms. The van der Waals surface area contributed by atoms with Crippen LogP contribution in [0, 0.1) is 0 Å². The Kier molecular flexibility index (Phi) is 7.06. The maximum absolute atomic E-state index is 13.0. The van der Waals surface area contributed by atoms with Crippen LogP contribution in [0.15, 0.2) is 17.0 Å². The van der Waals surface area contributed by atoms with Gasteiger partial charge in [-0.3, -0.25) is 9.59 Å². The van der Waals surface area contributed by atoms with Crippen LogP contribution in [0.25, 0.3) is 0 Å². The molecule has 3 rings (SSSR count). The minimum atomic E-state index is -3.87. The summed E-state index contributed by atoms with van der Waals surface area (Å²) in [6, 6.07) is 2.58. The Labute approximate surface area is 180 Å². The molecule has 11 heteroatoms. The minimum absolute atomic E-state index is 0.0227. The molecule has 160 valence electrons. The van der Waals surface area contributed by atoms with Crippen molar-refractivity contribution in [2.24, 2.45) is 0 Å². The zero-order valence-corrected chi connectivity index (χ0v) is 18.3. The van der Waals surface area contributed by atoms with Crippen LogP contribution in [0.4, 0.5) is 0 Å². The van der Waals surface area contributed by atoms with Gasteiger partial charge in [0.2, 0.25) is 15.9 Å². The van der Waals surface area contributed by atoms with Crippen molar-refractivity contribution in [3.05, 3.63) is 27.7 Å². The Balaban J connectivity index is 1.82. The predicted molar refractivity (Wildman–Crippen MR) is 109 cm³/mol. The first kappa shape index (κ1) is 22.3. The lowest BCUT2D eigenvalue weighted by Crippen LogP contribution is -2.46. The summed E-state index contributed by atoms with van der Waals surface area (Å²) < 4.78 is 32.5. The number of sulfonamides is 1. The average molecular weight is 464 g/mol. The largest absolute Gasteiger partial charge is 0.379 e. The first-order valence-electron chi connectivity index (χ1n) is 9.33. The second-order valence-electron chi connectivity index (χ2n) is 7.05. The fraction of sp³-hybridized carbons (Fsp3) is 0.556. The molecule has 8 nitrogen and oxygen atoms in total. The number of morpholine rings is 1. The molecule has 2 fully saturated rings. The van der Waals surface area contributed by atoms with Gasteiger partial charge in [0.1, 0.15) is 4.90 Å². The first-order chi connectivity index (χ1) is 13.7. The van der Waals surface area contributed by atoms with Gasteiger partial charge in [0, 0.05) is 39.1 Å². The van der Waals surface area contributed by atoms with Crippen LogP contribution >= 0.6 is 23.2 Å². The Morgan fingerprint density at radius 3 is 2.28 bits per heavy atom. The fourth-order valence-corrected chi connectivity index (χ4v) is 5.74. The maximum Gasteiger partial charge on any atom is 0.255 e. The molecule has 0 atom stereocenters. The van der Waals surface area contributed by atoms with Crippen molar-refractivity contribution in [1.82, 2.24) is 14.5 Å². The molecule has 1 aromatic rings. The van der Waals surface area contributed by atoms with Gasteiger partial charge in [0.15, 0.2) is 0 Å². The number of rotatable bonds is 4. The van der Waals surface area contributed by atoms with Crippen LogP contribution in [0.3, 0.4) is 0 Å². The summed E-state index contributed by atoms with van der Waals surface area (Å²) in [6.07, 6.45) is 1.24. The Hall–Kier alpha value is -1.39. The quantitative estimate of drug-likeness (QED) is 0.733. The van der Waals surface area contributed by atoms with E-state index in [2.05, 4.69) is 5.32 Å². The molecule has 1 N–H and O–H groups in total. The molecular formula is C18H23Cl2N3O5S. The second-order valence-corrected chi connectivity index (χ2v) is 9.77. The molecule has 0 aromatic heterocycles. The Morgan fingerprint density at radius 2 is 1.69 bits per heavy atom. The molecule has 0 radical (unpaired) electrons. The highest BCUT2D eigenvalue weighted by Crippen LogP contribution is 2.32. The number of carbonyl (C=O) groups excluding carboxylic acids is 2. The molecule has 1 aromatic carbocycles. The third-order valence-corrected chi connectivity index (χ3v) is 7.71. The van der Waals surface area contributed by atoms with Gasteiger partial charge in [0.05, 0.1) is 28.8 Å². The van der Waals surface area contributed by atoms with Crippen LogP contribution in [0.1, 0.15) is 30.1 Å². The van der Waals surface area contributed by atoms with Gasteiger partial charge < -0.3 is 15.0 Å². The molecule has 2 heterocycles. The summed E-state index contributed by atoms with van der Waals surface area (Å²) in [6.45, 7) is 3.39. The van der Waals surface area contributed by atoms with Crippen molar-refractivity contribution < 1.29 is 22.7 Å². The van der Waals surface area contributed by atoms with E-state index >= 15 is 0 Å². The summed E-state index contributed by atoms with van der Waals surface area (Å²) in [5.41, 5.74) is 0.0980. The van der Waals surface area contributed by atoms with Gasteiger partial charge in [-0.25, -0.2) is 8.42 Å². The van der Waals surface area contributed by atoms with Crippen molar-refractivity contribution in [3.63, 3.8) is 0 Å². The van der Waals surface area contributed by atoms with E-state index in [1.807, 2.05) is 0 Å². The van der Waals surface area contributed by atoms with E-state index in [1.54, 1.807) is 4.90 Å². The van der Waals surface area contributed by atoms with Crippen molar-refractivity contribution in [3.8, 4) is 0 Å². The highest BCUT2D eigenvalue weighted by atomic mass is 35.5. The standard InChI is InChI=1S/C18H23Cl2N3O5S/c1-12(24)21-13-2-4-22(5-3-13)18(25)14-10-17(16(20)11-15(14)19)29(26,27)23-6-8-28-9-7-23/h10-11,13H,2-9H2,1H3,(H,21,24). The second kappa shape index (κ2) is 9.18. The summed E-state index contributed by atoms with van der Waals surface area (Å²) in [7, 11) is -3.87. The van der Waals surface area contributed by atoms with E-state index in [9.17, 15) is 18.0 Å². The van der Waals surface area contributed by atoms with E-state index in [-0.39, 0.29) is 51.4 Å². The topological polar surface area (TPSA) is 96.0 Å². The summed E-state index contributed by atoms with van der Waals surface area (Å²) in [5, 5.41) is 2.93. The third kappa shape index (κ3) is 5.03. The molecule has 0 unspecified atom stereocenters. The number of hydrogen-bond acceptors (Lipinski definition) is 5. The predicted octanol–water partition coefficient (Wildman–Crippen LogP) is 1.76. The third-order valence-electron chi connectivity index (χ3n) is 5.03. The highest BCUT2D eigenvalue weighted by molar-refractivity contribution is 7.89. The highest BCUT2D eigenvalue weighted by Gasteiger charge is 2.31. The molecule has 0 spiro atoms.